The Balaban J connectivity index is 1.40. The molecule has 3 aromatic rings. The average molecular weight is 366 g/mol. The first-order valence-corrected chi connectivity index (χ1v) is 9.33. The normalized spacial score (nSPS) is 16.1. The van der Waals surface area contributed by atoms with Gasteiger partial charge in [-0.25, -0.2) is 15.0 Å². The summed E-state index contributed by atoms with van der Waals surface area (Å²) in [5.41, 5.74) is 10.2. The van der Waals surface area contributed by atoms with Gasteiger partial charge in [0.05, 0.1) is 5.69 Å². The van der Waals surface area contributed by atoms with Crippen LogP contribution in [0.25, 0.3) is 5.65 Å². The Morgan fingerprint density at radius 3 is 2.52 bits per heavy atom. The minimum absolute atomic E-state index is 0.441. The van der Waals surface area contributed by atoms with Crippen LogP contribution in [0.15, 0.2) is 24.5 Å². The van der Waals surface area contributed by atoms with E-state index in [2.05, 4.69) is 20.0 Å². The molecule has 142 valence electrons. The number of hydrogen-bond donors (Lipinski definition) is 1. The Morgan fingerprint density at radius 1 is 1.15 bits per heavy atom. The van der Waals surface area contributed by atoms with Gasteiger partial charge in [-0.15, -0.1) is 0 Å². The van der Waals surface area contributed by atoms with Gasteiger partial charge in [0.2, 0.25) is 5.95 Å². The highest BCUT2D eigenvalue weighted by Crippen LogP contribution is 2.29. The molecule has 4 rings (SSSR count). The molecular weight excluding hydrogens is 340 g/mol. The van der Waals surface area contributed by atoms with Crippen LogP contribution in [0.1, 0.15) is 35.7 Å². The van der Waals surface area contributed by atoms with E-state index in [1.165, 1.54) is 0 Å². The lowest BCUT2D eigenvalue weighted by molar-refractivity contribution is 0.203. The highest BCUT2D eigenvalue weighted by molar-refractivity contribution is 5.48. The zero-order chi connectivity index (χ0) is 19.0. The molecule has 4 heterocycles. The van der Waals surface area contributed by atoms with Gasteiger partial charge in [-0.1, -0.05) is 0 Å². The molecule has 8 heteroatoms. The first kappa shape index (κ1) is 17.7. The molecule has 0 atom stereocenters. The Morgan fingerprint density at radius 2 is 1.85 bits per heavy atom. The molecule has 1 saturated heterocycles. The second kappa shape index (κ2) is 7.11. The summed E-state index contributed by atoms with van der Waals surface area (Å²) in [6.07, 6.45) is 6.00. The molecule has 0 aromatic carbocycles. The van der Waals surface area contributed by atoms with Crippen LogP contribution in [0.2, 0.25) is 0 Å². The third-order valence-electron chi connectivity index (χ3n) is 5.10. The molecule has 0 radical (unpaired) electrons. The molecule has 0 spiro atoms. The summed E-state index contributed by atoms with van der Waals surface area (Å²) in [6.45, 7) is 4.91. The molecule has 3 aromatic heterocycles. The summed E-state index contributed by atoms with van der Waals surface area (Å²) in [5.74, 6) is 1.84. The number of fused-ring (bicyclic) bond motifs is 1. The SMILES string of the molecule is Cc1cc2nc(C3CCN(Cc4cnc(N(C)C)nc4)CC3)cc(N)n2n1. The first-order chi connectivity index (χ1) is 13.0. The molecular formula is C19H26N8. The van der Waals surface area contributed by atoms with E-state index in [4.69, 9.17) is 10.7 Å². The highest BCUT2D eigenvalue weighted by Gasteiger charge is 2.23. The predicted molar refractivity (Wildman–Crippen MR) is 106 cm³/mol. The van der Waals surface area contributed by atoms with Crippen molar-refractivity contribution in [1.82, 2.24) is 29.5 Å². The van der Waals surface area contributed by atoms with Gasteiger partial charge in [-0.05, 0) is 32.9 Å². The minimum Gasteiger partial charge on any atom is -0.384 e. The largest absolute Gasteiger partial charge is 0.384 e. The lowest BCUT2D eigenvalue weighted by Gasteiger charge is -2.31. The van der Waals surface area contributed by atoms with E-state index in [9.17, 15) is 0 Å². The number of anilines is 2. The van der Waals surface area contributed by atoms with Crippen LogP contribution < -0.4 is 10.6 Å². The molecule has 8 nitrogen and oxygen atoms in total. The van der Waals surface area contributed by atoms with Crippen molar-refractivity contribution < 1.29 is 0 Å². The minimum atomic E-state index is 0.441. The van der Waals surface area contributed by atoms with Crippen molar-refractivity contribution in [3.63, 3.8) is 0 Å². The van der Waals surface area contributed by atoms with E-state index in [0.29, 0.717) is 11.7 Å². The number of piperidine rings is 1. The number of aromatic nitrogens is 5. The molecule has 1 aliphatic rings. The molecule has 0 aliphatic carbocycles. The Bertz CT molecular complexity index is 923. The summed E-state index contributed by atoms with van der Waals surface area (Å²) in [4.78, 5) is 18.0. The number of aryl methyl sites for hydroxylation is 1. The van der Waals surface area contributed by atoms with E-state index in [-0.39, 0.29) is 0 Å². The molecule has 0 bridgehead atoms. The van der Waals surface area contributed by atoms with Crippen molar-refractivity contribution in [2.24, 2.45) is 0 Å². The van der Waals surface area contributed by atoms with Gasteiger partial charge in [0, 0.05) is 62.3 Å². The summed E-state index contributed by atoms with van der Waals surface area (Å²) in [6, 6.07) is 3.96. The zero-order valence-electron chi connectivity index (χ0n) is 16.1. The Labute approximate surface area is 159 Å². The lowest BCUT2D eigenvalue weighted by Crippen LogP contribution is -2.33. The molecule has 0 unspecified atom stereocenters. The van der Waals surface area contributed by atoms with E-state index in [1.807, 2.05) is 50.4 Å². The van der Waals surface area contributed by atoms with Crippen LogP contribution in [-0.4, -0.2) is 56.7 Å². The van der Waals surface area contributed by atoms with Gasteiger partial charge in [-0.3, -0.25) is 4.90 Å². The number of nitrogens with zero attached hydrogens (tertiary/aromatic N) is 7. The number of nitrogen functional groups attached to an aromatic ring is 1. The van der Waals surface area contributed by atoms with Crippen molar-refractivity contribution in [2.45, 2.75) is 32.2 Å². The van der Waals surface area contributed by atoms with Crippen LogP contribution in [0, 0.1) is 6.92 Å². The quantitative estimate of drug-likeness (QED) is 0.754. The molecule has 1 aliphatic heterocycles. The van der Waals surface area contributed by atoms with Crippen molar-refractivity contribution in [3.8, 4) is 0 Å². The van der Waals surface area contributed by atoms with Crippen molar-refractivity contribution in [3.05, 3.63) is 41.5 Å². The Kier molecular flexibility index (Phi) is 4.65. The monoisotopic (exact) mass is 366 g/mol. The van der Waals surface area contributed by atoms with Crippen LogP contribution >= 0.6 is 0 Å². The lowest BCUT2D eigenvalue weighted by atomic mass is 9.93. The molecule has 2 N–H and O–H groups in total. The van der Waals surface area contributed by atoms with Crippen molar-refractivity contribution >= 4 is 17.4 Å². The molecule has 1 fully saturated rings. The van der Waals surface area contributed by atoms with Gasteiger partial charge in [0.1, 0.15) is 5.82 Å². The van der Waals surface area contributed by atoms with E-state index in [0.717, 1.165) is 61.0 Å². The standard InChI is InChI=1S/C19H26N8/c1-13-8-18-23-16(9-17(20)27(18)24-13)15-4-6-26(7-5-15)12-14-10-21-19(22-11-14)25(2)3/h8-11,15H,4-7,12,20H2,1-3H3. The number of hydrogen-bond acceptors (Lipinski definition) is 7. The summed E-state index contributed by atoms with van der Waals surface area (Å²) < 4.78 is 1.71. The average Bonchev–Trinajstić information content (AvgIpc) is 3.04. The van der Waals surface area contributed by atoms with Crippen LogP contribution in [-0.2, 0) is 6.54 Å². The van der Waals surface area contributed by atoms with Crippen LogP contribution in [0.4, 0.5) is 11.8 Å². The number of nitrogens with two attached hydrogens (primary N) is 1. The maximum Gasteiger partial charge on any atom is 0.224 e. The van der Waals surface area contributed by atoms with Crippen LogP contribution in [0.3, 0.4) is 0 Å². The second-order valence-electron chi connectivity index (χ2n) is 7.50. The fourth-order valence-electron chi connectivity index (χ4n) is 3.65. The number of likely N-dealkylation sites (tertiary alicyclic amines) is 1. The van der Waals surface area contributed by atoms with Crippen molar-refractivity contribution in [1.29, 1.82) is 0 Å². The fourth-order valence-corrected chi connectivity index (χ4v) is 3.65. The molecule has 0 amide bonds. The van der Waals surface area contributed by atoms with E-state index in [1.54, 1.807) is 4.52 Å². The van der Waals surface area contributed by atoms with Gasteiger partial charge in [-0.2, -0.15) is 9.61 Å². The van der Waals surface area contributed by atoms with Gasteiger partial charge in [0.25, 0.3) is 0 Å². The predicted octanol–water partition coefficient (Wildman–Crippen LogP) is 1.86. The summed E-state index contributed by atoms with van der Waals surface area (Å²) in [5, 5.41) is 4.38. The van der Waals surface area contributed by atoms with Gasteiger partial charge >= 0.3 is 0 Å². The third kappa shape index (κ3) is 3.71. The smallest absolute Gasteiger partial charge is 0.224 e. The highest BCUT2D eigenvalue weighted by atomic mass is 15.3. The third-order valence-corrected chi connectivity index (χ3v) is 5.10. The molecule has 27 heavy (non-hydrogen) atoms. The fraction of sp³-hybridized carbons (Fsp3) is 0.474. The first-order valence-electron chi connectivity index (χ1n) is 9.33. The maximum atomic E-state index is 6.17. The van der Waals surface area contributed by atoms with E-state index >= 15 is 0 Å². The van der Waals surface area contributed by atoms with Crippen molar-refractivity contribution in [2.75, 3.05) is 37.8 Å². The van der Waals surface area contributed by atoms with Gasteiger partial charge < -0.3 is 10.6 Å². The Hall–Kier alpha value is -2.74. The molecule has 0 saturated carbocycles. The zero-order valence-corrected chi connectivity index (χ0v) is 16.1. The summed E-state index contributed by atoms with van der Waals surface area (Å²) >= 11 is 0. The topological polar surface area (TPSA) is 88.5 Å². The maximum absolute atomic E-state index is 6.17. The van der Waals surface area contributed by atoms with Gasteiger partial charge in [0.15, 0.2) is 5.65 Å². The van der Waals surface area contributed by atoms with Crippen LogP contribution in [0.5, 0.6) is 0 Å². The van der Waals surface area contributed by atoms with E-state index < -0.39 is 0 Å². The summed E-state index contributed by atoms with van der Waals surface area (Å²) in [7, 11) is 3.90. The number of rotatable bonds is 4. The second-order valence-corrected chi connectivity index (χ2v) is 7.50.